The molecule has 1 aromatic rings. The summed E-state index contributed by atoms with van der Waals surface area (Å²) in [5.41, 5.74) is 2.31. The van der Waals surface area contributed by atoms with Crippen LogP contribution in [0.3, 0.4) is 0 Å². The largest absolute Gasteiger partial charge is 0.504 e. The minimum absolute atomic E-state index is 0.0577. The van der Waals surface area contributed by atoms with Gasteiger partial charge in [-0.3, -0.25) is 9.69 Å². The van der Waals surface area contributed by atoms with Crippen molar-refractivity contribution in [3.8, 4) is 11.5 Å². The summed E-state index contributed by atoms with van der Waals surface area (Å²) in [6, 6.07) is 4.37. The van der Waals surface area contributed by atoms with E-state index in [1.807, 2.05) is 0 Å². The van der Waals surface area contributed by atoms with Crippen LogP contribution >= 0.6 is 0 Å². The Morgan fingerprint density at radius 1 is 1.35 bits per heavy atom. The molecule has 2 aliphatic heterocycles. The van der Waals surface area contributed by atoms with E-state index in [1.54, 1.807) is 6.07 Å². The van der Waals surface area contributed by atoms with Gasteiger partial charge in [0.15, 0.2) is 23.4 Å². The lowest BCUT2D eigenvalue weighted by Crippen LogP contribution is -2.67. The number of benzene rings is 1. The lowest BCUT2D eigenvalue weighted by atomic mass is 9.50. The van der Waals surface area contributed by atoms with Gasteiger partial charge in [0.2, 0.25) is 0 Å². The maximum atomic E-state index is 13.1. The number of hydrogen-bond donors (Lipinski definition) is 1. The van der Waals surface area contributed by atoms with Crippen LogP contribution in [-0.4, -0.2) is 41.0 Å². The van der Waals surface area contributed by atoms with Crippen molar-refractivity contribution < 1.29 is 14.6 Å². The van der Waals surface area contributed by atoms with Crippen LogP contribution in [0.25, 0.3) is 0 Å². The van der Waals surface area contributed by atoms with Gasteiger partial charge < -0.3 is 9.84 Å². The van der Waals surface area contributed by atoms with Gasteiger partial charge >= 0.3 is 0 Å². The Morgan fingerprint density at radius 3 is 2.96 bits per heavy atom. The zero-order valence-corrected chi connectivity index (χ0v) is 15.4. The van der Waals surface area contributed by atoms with Crippen molar-refractivity contribution in [1.29, 1.82) is 0 Å². The number of phenolic OH excluding ortho intramolecular Hbond substituents is 1. The molecular formula is C22H27NO3. The number of phenols is 1. The number of nitrogens with zero attached hydrogens (tertiary/aromatic N) is 1. The fourth-order valence-electron chi connectivity index (χ4n) is 6.84. The van der Waals surface area contributed by atoms with Crippen molar-refractivity contribution in [3.05, 3.63) is 23.3 Å². The molecule has 0 amide bonds. The standard InChI is InChI=1S/C22H27NO3/c1-12-9-15-16-10-14-5-6-17(24)20-18(14)22(15,21(26-20)19(12)25)7-8-23(16)11-13-3-2-4-13/h5-6,12-13,15-16,21,24H,2-4,7-11H2,1H3/t12?,15-,16+,21?,22-/m0/s1. The van der Waals surface area contributed by atoms with E-state index in [1.165, 1.54) is 36.9 Å². The van der Waals surface area contributed by atoms with Gasteiger partial charge in [-0.15, -0.1) is 0 Å². The number of Topliss-reactive ketones (excluding diaryl/α,β-unsaturated/α-hetero) is 1. The van der Waals surface area contributed by atoms with E-state index in [4.69, 9.17) is 4.74 Å². The molecule has 5 aliphatic rings. The second-order valence-electron chi connectivity index (χ2n) is 9.45. The Labute approximate surface area is 154 Å². The lowest BCUT2D eigenvalue weighted by Gasteiger charge is -2.59. The fraction of sp³-hybridized carbons (Fsp3) is 0.682. The number of piperidine rings is 1. The third-order valence-electron chi connectivity index (χ3n) is 8.30. The molecule has 2 saturated carbocycles. The van der Waals surface area contributed by atoms with Gasteiger partial charge in [-0.05, 0) is 62.1 Å². The van der Waals surface area contributed by atoms with Crippen molar-refractivity contribution in [2.24, 2.45) is 17.8 Å². The van der Waals surface area contributed by atoms with E-state index in [2.05, 4.69) is 17.9 Å². The summed E-state index contributed by atoms with van der Waals surface area (Å²) < 4.78 is 6.22. The highest BCUT2D eigenvalue weighted by molar-refractivity contribution is 5.90. The Hall–Kier alpha value is -1.55. The Morgan fingerprint density at radius 2 is 2.19 bits per heavy atom. The first-order valence-electron chi connectivity index (χ1n) is 10.4. The molecule has 4 heteroatoms. The minimum Gasteiger partial charge on any atom is -0.504 e. The van der Waals surface area contributed by atoms with E-state index in [0.717, 1.165) is 31.7 Å². The highest BCUT2D eigenvalue weighted by atomic mass is 16.5. The van der Waals surface area contributed by atoms with Crippen molar-refractivity contribution in [2.45, 2.75) is 63.0 Å². The van der Waals surface area contributed by atoms with E-state index in [0.29, 0.717) is 17.7 Å². The highest BCUT2D eigenvalue weighted by Crippen LogP contribution is 2.63. The minimum atomic E-state index is -0.382. The predicted molar refractivity (Wildman–Crippen MR) is 97.5 cm³/mol. The van der Waals surface area contributed by atoms with Crippen molar-refractivity contribution in [1.82, 2.24) is 4.90 Å². The highest BCUT2D eigenvalue weighted by Gasteiger charge is 2.67. The van der Waals surface area contributed by atoms with E-state index >= 15 is 0 Å². The molecule has 3 fully saturated rings. The second-order valence-corrected chi connectivity index (χ2v) is 9.45. The van der Waals surface area contributed by atoms with E-state index in [-0.39, 0.29) is 29.0 Å². The van der Waals surface area contributed by atoms with Gasteiger partial charge in [-0.1, -0.05) is 19.4 Å². The Balaban J connectivity index is 1.50. The molecule has 1 spiro atoms. The third kappa shape index (κ3) is 1.72. The smallest absolute Gasteiger partial charge is 0.177 e. The molecule has 138 valence electrons. The Bertz CT molecular complexity index is 801. The van der Waals surface area contributed by atoms with Crippen molar-refractivity contribution >= 4 is 5.78 Å². The summed E-state index contributed by atoms with van der Waals surface area (Å²) in [7, 11) is 0. The molecule has 1 N–H and O–H groups in total. The average Bonchev–Trinajstić information content (AvgIpc) is 2.93. The molecule has 2 heterocycles. The number of carbonyl (C=O) groups is 1. The van der Waals surface area contributed by atoms with Gasteiger partial charge in [0.1, 0.15) is 0 Å². The summed E-state index contributed by atoms with van der Waals surface area (Å²) in [5, 5.41) is 10.4. The van der Waals surface area contributed by atoms with E-state index in [9.17, 15) is 9.90 Å². The molecule has 1 aromatic carbocycles. The Kier molecular flexibility index (Phi) is 3.00. The monoisotopic (exact) mass is 353 g/mol. The van der Waals surface area contributed by atoms with Gasteiger partial charge in [-0.25, -0.2) is 0 Å². The predicted octanol–water partition coefficient (Wildman–Crippen LogP) is 3.05. The maximum Gasteiger partial charge on any atom is 0.177 e. The van der Waals surface area contributed by atoms with Crippen LogP contribution < -0.4 is 4.74 Å². The third-order valence-corrected chi connectivity index (χ3v) is 8.30. The molecule has 0 aromatic heterocycles. The van der Waals surface area contributed by atoms with Crippen molar-refractivity contribution in [3.63, 3.8) is 0 Å². The first kappa shape index (κ1) is 15.5. The summed E-state index contributed by atoms with van der Waals surface area (Å²) in [6.07, 6.45) is 6.78. The molecule has 5 atom stereocenters. The number of hydrogen-bond acceptors (Lipinski definition) is 4. The molecule has 6 rings (SSSR count). The van der Waals surface area contributed by atoms with Crippen molar-refractivity contribution in [2.75, 3.05) is 13.1 Å². The molecular weight excluding hydrogens is 326 g/mol. The molecule has 2 unspecified atom stereocenters. The molecule has 26 heavy (non-hydrogen) atoms. The summed E-state index contributed by atoms with van der Waals surface area (Å²) in [4.78, 5) is 15.8. The van der Waals surface area contributed by atoms with Crippen LogP contribution in [0.2, 0.25) is 0 Å². The molecule has 3 aliphatic carbocycles. The second kappa shape index (κ2) is 5.03. The SMILES string of the molecule is CC1C[C@H]2[C@H]3Cc4ccc(O)c5c4[C@@]2(CCN3CC2CCC2)C(O5)C1=O. The summed E-state index contributed by atoms with van der Waals surface area (Å²) in [5.74, 6) is 2.48. The van der Waals surface area contributed by atoms with Crippen LogP contribution in [0, 0.1) is 17.8 Å². The molecule has 4 nitrogen and oxygen atoms in total. The molecule has 2 bridgehead atoms. The van der Waals surface area contributed by atoms with Crippen LogP contribution in [0.1, 0.15) is 50.2 Å². The zero-order chi connectivity index (χ0) is 17.6. The van der Waals surface area contributed by atoms with Crippen LogP contribution in [0.4, 0.5) is 0 Å². The number of ether oxygens (including phenoxy) is 1. The van der Waals surface area contributed by atoms with Gasteiger partial charge in [0, 0.05) is 29.5 Å². The topological polar surface area (TPSA) is 49.8 Å². The number of carbonyl (C=O) groups excluding carboxylic acids is 1. The summed E-state index contributed by atoms with van der Waals surface area (Å²) in [6.45, 7) is 4.36. The van der Waals surface area contributed by atoms with E-state index < -0.39 is 0 Å². The maximum absolute atomic E-state index is 13.1. The number of rotatable bonds is 2. The normalized spacial score (nSPS) is 40.7. The number of likely N-dealkylation sites (tertiary alicyclic amines) is 1. The summed E-state index contributed by atoms with van der Waals surface area (Å²) >= 11 is 0. The first-order chi connectivity index (χ1) is 12.6. The van der Waals surface area contributed by atoms with Gasteiger partial charge in [0.25, 0.3) is 0 Å². The quantitative estimate of drug-likeness (QED) is 0.888. The first-order valence-corrected chi connectivity index (χ1v) is 10.4. The zero-order valence-electron chi connectivity index (χ0n) is 15.4. The van der Waals surface area contributed by atoms with Crippen LogP contribution in [-0.2, 0) is 16.6 Å². The van der Waals surface area contributed by atoms with Gasteiger partial charge in [0.05, 0.1) is 0 Å². The lowest BCUT2D eigenvalue weighted by molar-refractivity contribution is -0.145. The number of ketones is 1. The number of aromatic hydroxyl groups is 1. The fourth-order valence-corrected chi connectivity index (χ4v) is 6.84. The van der Waals surface area contributed by atoms with Crippen LogP contribution in [0.5, 0.6) is 11.5 Å². The molecule has 1 saturated heterocycles. The molecule has 0 radical (unpaired) electrons. The van der Waals surface area contributed by atoms with Crippen LogP contribution in [0.15, 0.2) is 12.1 Å². The average molecular weight is 353 g/mol. The van der Waals surface area contributed by atoms with Gasteiger partial charge in [-0.2, -0.15) is 0 Å².